The van der Waals surface area contributed by atoms with Crippen LogP contribution >= 0.6 is 0 Å². The van der Waals surface area contributed by atoms with Gasteiger partial charge in [0.15, 0.2) is 0 Å². The fraction of sp³-hybridized carbons (Fsp3) is 0.429. The molecule has 0 unspecified atom stereocenters. The topological polar surface area (TPSA) is 21.3 Å². The maximum atomic E-state index is 12.9. The highest BCUT2D eigenvalue weighted by molar-refractivity contribution is 5.39. The quantitative estimate of drug-likeness (QED) is 0.830. The molecule has 0 spiro atoms. The summed E-state index contributed by atoms with van der Waals surface area (Å²) < 4.78 is 43.8. The van der Waals surface area contributed by atoms with E-state index < -0.39 is 11.7 Å². The van der Waals surface area contributed by atoms with Gasteiger partial charge in [-0.1, -0.05) is 18.9 Å². The third kappa shape index (κ3) is 4.84. The van der Waals surface area contributed by atoms with Gasteiger partial charge in [-0.2, -0.15) is 13.2 Å². The second kappa shape index (κ2) is 7.05. The molecule has 19 heavy (non-hydrogen) atoms. The van der Waals surface area contributed by atoms with Crippen LogP contribution in [0.3, 0.4) is 0 Å². The molecule has 0 radical (unpaired) electrons. The summed E-state index contributed by atoms with van der Waals surface area (Å²) >= 11 is 0. The van der Waals surface area contributed by atoms with Gasteiger partial charge in [0.1, 0.15) is 12.4 Å². The van der Waals surface area contributed by atoms with Crippen LogP contribution in [0.2, 0.25) is 0 Å². The van der Waals surface area contributed by atoms with E-state index in [2.05, 4.69) is 17.2 Å². The van der Waals surface area contributed by atoms with Gasteiger partial charge in [0.2, 0.25) is 0 Å². The van der Waals surface area contributed by atoms with Crippen molar-refractivity contribution in [2.24, 2.45) is 0 Å². The lowest BCUT2D eigenvalue weighted by atomic mass is 10.1. The van der Waals surface area contributed by atoms with Crippen molar-refractivity contribution in [3.8, 4) is 17.6 Å². The molecule has 0 aliphatic heterocycles. The van der Waals surface area contributed by atoms with Gasteiger partial charge in [0, 0.05) is 6.54 Å². The zero-order chi connectivity index (χ0) is 14.3. The second-order valence-electron chi connectivity index (χ2n) is 3.82. The fourth-order valence-electron chi connectivity index (χ4n) is 1.49. The Bertz CT molecular complexity index is 472. The first-order valence-electron chi connectivity index (χ1n) is 5.92. The Morgan fingerprint density at radius 3 is 2.63 bits per heavy atom. The lowest BCUT2D eigenvalue weighted by Gasteiger charge is -2.14. The Labute approximate surface area is 111 Å². The largest absolute Gasteiger partial charge is 0.480 e. The van der Waals surface area contributed by atoms with Gasteiger partial charge in [-0.3, -0.25) is 0 Å². The van der Waals surface area contributed by atoms with Crippen molar-refractivity contribution in [1.29, 1.82) is 0 Å². The Kier molecular flexibility index (Phi) is 5.71. The molecule has 1 aromatic rings. The van der Waals surface area contributed by atoms with Crippen molar-refractivity contribution < 1.29 is 17.9 Å². The minimum absolute atomic E-state index is 0.0495. The third-order valence-electron chi connectivity index (χ3n) is 2.41. The molecule has 0 fully saturated rings. The summed E-state index contributed by atoms with van der Waals surface area (Å²) in [6.45, 7) is 4.55. The first-order chi connectivity index (χ1) is 8.99. The molecule has 0 aliphatic rings. The van der Waals surface area contributed by atoms with Gasteiger partial charge < -0.3 is 10.1 Å². The number of ether oxygens (including phenoxy) is 1. The van der Waals surface area contributed by atoms with Crippen molar-refractivity contribution in [2.75, 3.05) is 13.2 Å². The summed E-state index contributed by atoms with van der Waals surface area (Å²) in [4.78, 5) is 0. The molecule has 1 aromatic carbocycles. The van der Waals surface area contributed by atoms with E-state index in [1.54, 1.807) is 13.0 Å². The molecule has 104 valence electrons. The molecule has 1 N–H and O–H groups in total. The van der Waals surface area contributed by atoms with Gasteiger partial charge in [0.25, 0.3) is 0 Å². The predicted octanol–water partition coefficient (Wildman–Crippen LogP) is 3.22. The van der Waals surface area contributed by atoms with Gasteiger partial charge in [0.05, 0.1) is 5.56 Å². The van der Waals surface area contributed by atoms with Crippen LogP contribution < -0.4 is 10.1 Å². The van der Waals surface area contributed by atoms with E-state index in [9.17, 15) is 13.2 Å². The molecule has 0 amide bonds. The van der Waals surface area contributed by atoms with E-state index in [1.807, 2.05) is 6.92 Å². The van der Waals surface area contributed by atoms with E-state index in [-0.39, 0.29) is 12.4 Å². The number of hydrogen-bond donors (Lipinski definition) is 1. The molecule has 2 nitrogen and oxygen atoms in total. The number of halogens is 3. The zero-order valence-corrected chi connectivity index (χ0v) is 10.9. The summed E-state index contributed by atoms with van der Waals surface area (Å²) in [5.74, 6) is 4.96. The molecule has 1 rings (SSSR count). The summed E-state index contributed by atoms with van der Waals surface area (Å²) in [6, 6.07) is 4.07. The van der Waals surface area contributed by atoms with Crippen LogP contribution in [0.25, 0.3) is 0 Å². The summed E-state index contributed by atoms with van der Waals surface area (Å²) in [5.41, 5.74) is -0.191. The Balaban J connectivity index is 2.98. The Morgan fingerprint density at radius 2 is 2.05 bits per heavy atom. The van der Waals surface area contributed by atoms with Crippen LogP contribution in [0.15, 0.2) is 18.2 Å². The van der Waals surface area contributed by atoms with Crippen LogP contribution in [0, 0.1) is 11.8 Å². The highest BCUT2D eigenvalue weighted by Gasteiger charge is 2.34. The predicted molar refractivity (Wildman–Crippen MR) is 67.8 cm³/mol. The van der Waals surface area contributed by atoms with Crippen molar-refractivity contribution in [3.63, 3.8) is 0 Å². The van der Waals surface area contributed by atoms with Crippen molar-refractivity contribution in [2.45, 2.75) is 26.6 Å². The molecule has 0 saturated carbocycles. The van der Waals surface area contributed by atoms with Crippen molar-refractivity contribution >= 4 is 0 Å². The van der Waals surface area contributed by atoms with E-state index >= 15 is 0 Å². The molecule has 0 aliphatic carbocycles. The van der Waals surface area contributed by atoms with Crippen molar-refractivity contribution in [3.05, 3.63) is 29.3 Å². The average Bonchev–Trinajstić information content (AvgIpc) is 2.36. The summed E-state index contributed by atoms with van der Waals surface area (Å²) in [7, 11) is 0. The Hall–Kier alpha value is -1.67. The van der Waals surface area contributed by atoms with Gasteiger partial charge in [-0.05, 0) is 31.2 Å². The van der Waals surface area contributed by atoms with E-state index in [1.165, 1.54) is 6.07 Å². The summed E-state index contributed by atoms with van der Waals surface area (Å²) in [5, 5.41) is 2.98. The molecule has 5 heteroatoms. The third-order valence-corrected chi connectivity index (χ3v) is 2.41. The monoisotopic (exact) mass is 271 g/mol. The molecule has 0 bridgehead atoms. The molecular formula is C14H16F3NO. The number of alkyl halides is 3. The first-order valence-corrected chi connectivity index (χ1v) is 5.92. The lowest BCUT2D eigenvalue weighted by Crippen LogP contribution is -2.14. The highest BCUT2D eigenvalue weighted by atomic mass is 19.4. The van der Waals surface area contributed by atoms with E-state index in [0.717, 1.165) is 6.07 Å². The molecule has 0 heterocycles. The van der Waals surface area contributed by atoms with E-state index in [4.69, 9.17) is 4.74 Å². The average molecular weight is 271 g/mol. The van der Waals surface area contributed by atoms with Crippen LogP contribution in [0.4, 0.5) is 13.2 Å². The lowest BCUT2D eigenvalue weighted by molar-refractivity contribution is -0.138. The van der Waals surface area contributed by atoms with Crippen LogP contribution in [-0.2, 0) is 12.7 Å². The van der Waals surface area contributed by atoms with Gasteiger partial charge in [-0.25, -0.2) is 0 Å². The minimum atomic E-state index is -4.43. The second-order valence-corrected chi connectivity index (χ2v) is 3.82. The highest BCUT2D eigenvalue weighted by Crippen LogP contribution is 2.36. The normalized spacial score (nSPS) is 10.8. The number of benzene rings is 1. The maximum Gasteiger partial charge on any atom is 0.419 e. The van der Waals surface area contributed by atoms with Crippen LogP contribution in [0.5, 0.6) is 5.75 Å². The van der Waals surface area contributed by atoms with Crippen LogP contribution in [-0.4, -0.2) is 13.2 Å². The molecular weight excluding hydrogens is 255 g/mol. The number of rotatable bonds is 5. The fourth-order valence-corrected chi connectivity index (χ4v) is 1.49. The van der Waals surface area contributed by atoms with Crippen LogP contribution in [0.1, 0.15) is 25.0 Å². The van der Waals surface area contributed by atoms with Crippen molar-refractivity contribution in [1.82, 2.24) is 5.32 Å². The maximum absolute atomic E-state index is 12.9. The molecule has 0 saturated heterocycles. The smallest absolute Gasteiger partial charge is 0.419 e. The zero-order valence-electron chi connectivity index (χ0n) is 10.9. The SMILES string of the molecule is CC#CCOc1ccc(CNCC)cc1C(F)(F)F. The minimum Gasteiger partial charge on any atom is -0.480 e. The molecule has 0 atom stereocenters. The van der Waals surface area contributed by atoms with E-state index in [0.29, 0.717) is 18.7 Å². The standard InChI is InChI=1S/C14H16F3NO/c1-3-5-8-19-13-7-6-11(10-18-4-2)9-12(13)14(15,16)17/h6-7,9,18H,4,8,10H2,1-2H3. The number of hydrogen-bond acceptors (Lipinski definition) is 2. The number of nitrogens with one attached hydrogen (secondary N) is 1. The first kappa shape index (κ1) is 15.4. The van der Waals surface area contributed by atoms with Gasteiger partial charge >= 0.3 is 6.18 Å². The van der Waals surface area contributed by atoms with Gasteiger partial charge in [-0.15, -0.1) is 5.92 Å². The Morgan fingerprint density at radius 1 is 1.32 bits per heavy atom. The summed E-state index contributed by atoms with van der Waals surface area (Å²) in [6.07, 6.45) is -4.43. The molecule has 0 aromatic heterocycles.